The van der Waals surface area contributed by atoms with Crippen LogP contribution in [0.5, 0.6) is 0 Å². The zero-order chi connectivity index (χ0) is 16.3. The number of ketones is 1. The van der Waals surface area contributed by atoms with Crippen LogP contribution in [0.15, 0.2) is 24.3 Å². The molecule has 2 rings (SSSR count). The van der Waals surface area contributed by atoms with E-state index in [0.717, 1.165) is 18.4 Å². The first kappa shape index (κ1) is 16.7. The van der Waals surface area contributed by atoms with Crippen molar-refractivity contribution in [2.24, 2.45) is 10.8 Å². The van der Waals surface area contributed by atoms with Gasteiger partial charge >= 0.3 is 0 Å². The van der Waals surface area contributed by atoms with Crippen molar-refractivity contribution in [3.8, 4) is 0 Å². The van der Waals surface area contributed by atoms with E-state index in [1.165, 1.54) is 0 Å². The fourth-order valence-electron chi connectivity index (χ4n) is 3.45. The topological polar surface area (TPSA) is 26.3 Å². The molecule has 0 aromatic carbocycles. The first-order valence-corrected chi connectivity index (χ1v) is 10.9. The molecular formula is C18H30O2Si. The normalized spacial score (nSPS) is 37.0. The predicted octanol–water partition coefficient (Wildman–Crippen LogP) is 4.88. The van der Waals surface area contributed by atoms with E-state index in [-0.39, 0.29) is 27.8 Å². The molecule has 0 aliphatic heterocycles. The van der Waals surface area contributed by atoms with Gasteiger partial charge in [0.1, 0.15) is 0 Å². The van der Waals surface area contributed by atoms with Gasteiger partial charge in [-0.3, -0.25) is 4.79 Å². The molecule has 0 bridgehead atoms. The maximum atomic E-state index is 12.0. The monoisotopic (exact) mass is 306 g/mol. The highest BCUT2D eigenvalue weighted by Crippen LogP contribution is 2.61. The minimum atomic E-state index is -1.81. The summed E-state index contributed by atoms with van der Waals surface area (Å²) >= 11 is 0. The number of fused-ring (bicyclic) bond motifs is 1. The number of hydrogen-bond donors (Lipinski definition) is 0. The Hall–Kier alpha value is -0.673. The summed E-state index contributed by atoms with van der Waals surface area (Å²) < 4.78 is 6.72. The molecule has 0 saturated heterocycles. The van der Waals surface area contributed by atoms with Crippen LogP contribution >= 0.6 is 0 Å². The van der Waals surface area contributed by atoms with Gasteiger partial charge in [0, 0.05) is 10.8 Å². The van der Waals surface area contributed by atoms with Crippen molar-refractivity contribution >= 4 is 14.1 Å². The van der Waals surface area contributed by atoms with E-state index < -0.39 is 8.32 Å². The Morgan fingerprint density at radius 3 is 2.43 bits per heavy atom. The summed E-state index contributed by atoms with van der Waals surface area (Å²) in [5.41, 5.74) is 0.480. The van der Waals surface area contributed by atoms with E-state index >= 15 is 0 Å². The first-order chi connectivity index (χ1) is 9.35. The van der Waals surface area contributed by atoms with E-state index in [0.29, 0.717) is 0 Å². The van der Waals surface area contributed by atoms with Crippen LogP contribution in [0.4, 0.5) is 0 Å². The molecule has 21 heavy (non-hydrogen) atoms. The van der Waals surface area contributed by atoms with Gasteiger partial charge in [0.05, 0.1) is 6.10 Å². The van der Waals surface area contributed by atoms with E-state index in [1.54, 1.807) is 6.08 Å². The smallest absolute Gasteiger partial charge is 0.192 e. The van der Waals surface area contributed by atoms with Crippen molar-refractivity contribution in [3.63, 3.8) is 0 Å². The molecule has 118 valence electrons. The van der Waals surface area contributed by atoms with Crippen LogP contribution in [0.3, 0.4) is 0 Å². The van der Waals surface area contributed by atoms with Crippen molar-refractivity contribution < 1.29 is 9.22 Å². The first-order valence-electron chi connectivity index (χ1n) is 7.96. The summed E-state index contributed by atoms with van der Waals surface area (Å²) in [5.74, 6) is 0.0861. The summed E-state index contributed by atoms with van der Waals surface area (Å²) in [4.78, 5) is 12.0. The Bertz CT molecular complexity index is 512. The summed E-state index contributed by atoms with van der Waals surface area (Å²) in [6, 6.07) is 0. The molecule has 3 atom stereocenters. The van der Waals surface area contributed by atoms with Crippen LogP contribution in [0, 0.1) is 10.8 Å². The second-order valence-electron chi connectivity index (χ2n) is 8.70. The van der Waals surface area contributed by atoms with Gasteiger partial charge in [-0.25, -0.2) is 0 Å². The van der Waals surface area contributed by atoms with Gasteiger partial charge in [0.25, 0.3) is 0 Å². The molecule has 2 nitrogen and oxygen atoms in total. The third kappa shape index (κ3) is 2.29. The van der Waals surface area contributed by atoms with Gasteiger partial charge in [0.2, 0.25) is 0 Å². The summed E-state index contributed by atoms with van der Waals surface area (Å²) in [7, 11) is -1.81. The molecule has 0 heterocycles. The minimum absolute atomic E-state index is 0.0861. The summed E-state index contributed by atoms with van der Waals surface area (Å²) in [6.07, 6.45) is 5.98. The standard InChI is InChI=1S/C18H30O2Si/c1-13-14(19)9-11-18(6)15(10-12-17(13,18)5)20-21(7,8)16(2,3)4/h9,11,15H,1,10,12H2,2-8H3/t15-,17-,18-/m0/s1. The van der Waals surface area contributed by atoms with Crippen LogP contribution in [0.1, 0.15) is 47.5 Å². The van der Waals surface area contributed by atoms with E-state index in [9.17, 15) is 4.79 Å². The highest BCUT2D eigenvalue weighted by atomic mass is 28.4. The molecule has 0 spiro atoms. The number of carbonyl (C=O) groups excluding carboxylic acids is 1. The van der Waals surface area contributed by atoms with Crippen molar-refractivity contribution in [2.45, 2.75) is 71.7 Å². The summed E-state index contributed by atoms with van der Waals surface area (Å²) in [5, 5.41) is 0.202. The quantitative estimate of drug-likeness (QED) is 0.537. The van der Waals surface area contributed by atoms with E-state index in [2.05, 4.69) is 60.4 Å². The minimum Gasteiger partial charge on any atom is -0.413 e. The fourth-order valence-corrected chi connectivity index (χ4v) is 4.87. The third-order valence-corrected chi connectivity index (χ3v) is 11.0. The van der Waals surface area contributed by atoms with Gasteiger partial charge in [-0.1, -0.05) is 47.3 Å². The molecule has 0 N–H and O–H groups in total. The Morgan fingerprint density at radius 2 is 1.90 bits per heavy atom. The molecule has 3 heteroatoms. The second-order valence-corrected chi connectivity index (χ2v) is 13.5. The number of carbonyl (C=O) groups is 1. The lowest BCUT2D eigenvalue weighted by Gasteiger charge is -2.48. The summed E-state index contributed by atoms with van der Waals surface area (Å²) in [6.45, 7) is 19.9. The van der Waals surface area contributed by atoms with Gasteiger partial charge in [0.15, 0.2) is 14.1 Å². The largest absolute Gasteiger partial charge is 0.413 e. The third-order valence-electron chi connectivity index (χ3n) is 6.55. The van der Waals surface area contributed by atoms with Gasteiger partial charge < -0.3 is 4.43 Å². The lowest BCUT2D eigenvalue weighted by Crippen LogP contribution is -2.50. The Morgan fingerprint density at radius 1 is 1.33 bits per heavy atom. The van der Waals surface area contributed by atoms with E-state index in [1.807, 2.05) is 0 Å². The van der Waals surface area contributed by atoms with Crippen LogP contribution < -0.4 is 0 Å². The molecule has 0 aromatic rings. The highest BCUT2D eigenvalue weighted by Gasteiger charge is 2.59. The van der Waals surface area contributed by atoms with Crippen LogP contribution in [0.2, 0.25) is 18.1 Å². The number of allylic oxidation sites excluding steroid dienone is 2. The highest BCUT2D eigenvalue weighted by molar-refractivity contribution is 6.74. The molecular weight excluding hydrogens is 276 g/mol. The van der Waals surface area contributed by atoms with Gasteiger partial charge in [-0.05, 0) is 42.6 Å². The number of rotatable bonds is 2. The molecule has 1 saturated carbocycles. The molecule has 1 fully saturated rings. The Balaban J connectivity index is 2.36. The van der Waals surface area contributed by atoms with Crippen molar-refractivity contribution in [1.82, 2.24) is 0 Å². The van der Waals surface area contributed by atoms with Crippen LogP contribution in [-0.4, -0.2) is 20.2 Å². The Labute approximate surface area is 130 Å². The molecule has 0 aromatic heterocycles. The lowest BCUT2D eigenvalue weighted by molar-refractivity contribution is -0.113. The molecule has 0 unspecified atom stereocenters. The van der Waals surface area contributed by atoms with Crippen molar-refractivity contribution in [1.29, 1.82) is 0 Å². The van der Waals surface area contributed by atoms with Gasteiger partial charge in [-0.15, -0.1) is 0 Å². The lowest BCUT2D eigenvalue weighted by atomic mass is 9.60. The predicted molar refractivity (Wildman–Crippen MR) is 90.8 cm³/mol. The number of hydrogen-bond acceptors (Lipinski definition) is 2. The molecule has 2 aliphatic carbocycles. The Kier molecular flexibility index (Phi) is 3.70. The zero-order valence-electron chi connectivity index (χ0n) is 14.7. The van der Waals surface area contributed by atoms with Gasteiger partial charge in [-0.2, -0.15) is 0 Å². The molecule has 2 aliphatic rings. The average molecular weight is 307 g/mol. The second kappa shape index (κ2) is 4.66. The van der Waals surface area contributed by atoms with Crippen LogP contribution in [-0.2, 0) is 9.22 Å². The zero-order valence-corrected chi connectivity index (χ0v) is 15.7. The maximum absolute atomic E-state index is 12.0. The van der Waals surface area contributed by atoms with Crippen LogP contribution in [0.25, 0.3) is 0 Å². The molecule has 0 amide bonds. The average Bonchev–Trinajstić information content (AvgIpc) is 2.59. The maximum Gasteiger partial charge on any atom is 0.192 e. The van der Waals surface area contributed by atoms with Crippen molar-refractivity contribution in [3.05, 3.63) is 24.3 Å². The fraction of sp³-hybridized carbons (Fsp3) is 0.722. The SMILES string of the molecule is C=C1C(=O)C=C[C@@]2(C)[C@@H](O[Si](C)(C)C(C)(C)C)CC[C@@]12C. The molecule has 0 radical (unpaired) electrons. The van der Waals surface area contributed by atoms with E-state index in [4.69, 9.17) is 4.43 Å². The van der Waals surface area contributed by atoms with Crippen molar-refractivity contribution in [2.75, 3.05) is 0 Å².